The van der Waals surface area contributed by atoms with Gasteiger partial charge in [0.25, 0.3) is 0 Å². The number of ketones is 1. The Bertz CT molecular complexity index is 327. The Morgan fingerprint density at radius 2 is 1.87 bits per heavy atom. The summed E-state index contributed by atoms with van der Waals surface area (Å²) in [7, 11) is 0. The van der Waals surface area contributed by atoms with Crippen molar-refractivity contribution in [1.82, 2.24) is 0 Å². The number of rotatable bonds is 4. The lowest BCUT2D eigenvalue weighted by molar-refractivity contribution is -0.120. The van der Waals surface area contributed by atoms with Crippen molar-refractivity contribution in [3.8, 4) is 5.75 Å². The van der Waals surface area contributed by atoms with E-state index in [2.05, 4.69) is 6.92 Å². The van der Waals surface area contributed by atoms with Crippen molar-refractivity contribution in [2.75, 3.05) is 0 Å². The fourth-order valence-corrected chi connectivity index (χ4v) is 1.88. The molecule has 1 N–H and O–H groups in total. The van der Waals surface area contributed by atoms with Crippen molar-refractivity contribution in [3.63, 3.8) is 0 Å². The van der Waals surface area contributed by atoms with E-state index in [1.807, 2.05) is 19.1 Å². The molecule has 15 heavy (non-hydrogen) atoms. The van der Waals surface area contributed by atoms with E-state index in [1.165, 1.54) is 0 Å². The second-order valence-corrected chi connectivity index (χ2v) is 4.01. The maximum absolute atomic E-state index is 11.3. The monoisotopic (exact) mass is 206 g/mol. The first-order valence-electron chi connectivity index (χ1n) is 5.35. The first-order chi connectivity index (χ1) is 7.06. The number of phenols is 1. The number of hydrogen-bond donors (Lipinski definition) is 1. The smallest absolute Gasteiger partial charge is 0.133 e. The van der Waals surface area contributed by atoms with Crippen LogP contribution in [0.15, 0.2) is 24.3 Å². The van der Waals surface area contributed by atoms with Gasteiger partial charge in [-0.15, -0.1) is 0 Å². The van der Waals surface area contributed by atoms with Gasteiger partial charge in [0.05, 0.1) is 0 Å². The Morgan fingerprint density at radius 3 is 2.27 bits per heavy atom. The maximum Gasteiger partial charge on any atom is 0.133 e. The quantitative estimate of drug-likeness (QED) is 0.821. The molecule has 0 bridgehead atoms. The van der Waals surface area contributed by atoms with Crippen LogP contribution in [0.4, 0.5) is 0 Å². The maximum atomic E-state index is 11.3. The predicted octanol–water partition coefficient (Wildman–Crippen LogP) is 3.11. The number of Topliss-reactive ketones (excluding diaryl/α,β-unsaturated/α-hetero) is 1. The Kier molecular flexibility index (Phi) is 3.89. The van der Waals surface area contributed by atoms with E-state index >= 15 is 0 Å². The predicted molar refractivity (Wildman–Crippen MR) is 61.0 cm³/mol. The van der Waals surface area contributed by atoms with Crippen LogP contribution in [0.2, 0.25) is 0 Å². The molecule has 0 aliphatic rings. The molecule has 0 saturated carbocycles. The molecule has 2 heteroatoms. The second kappa shape index (κ2) is 4.96. The Hall–Kier alpha value is -1.31. The van der Waals surface area contributed by atoms with Gasteiger partial charge in [-0.1, -0.05) is 26.0 Å². The van der Waals surface area contributed by atoms with E-state index in [1.54, 1.807) is 19.1 Å². The first-order valence-corrected chi connectivity index (χ1v) is 5.35. The number of carbonyl (C=O) groups is 1. The summed E-state index contributed by atoms with van der Waals surface area (Å²) in [5.74, 6) is 0.779. The highest BCUT2D eigenvalue weighted by Crippen LogP contribution is 2.29. The van der Waals surface area contributed by atoms with Crippen LogP contribution in [0.3, 0.4) is 0 Å². The number of benzene rings is 1. The van der Waals surface area contributed by atoms with E-state index in [9.17, 15) is 9.90 Å². The van der Waals surface area contributed by atoms with Crippen molar-refractivity contribution in [2.45, 2.75) is 33.1 Å². The molecule has 1 aromatic carbocycles. The summed E-state index contributed by atoms with van der Waals surface area (Å²) in [6.45, 7) is 5.67. The highest BCUT2D eigenvalue weighted by Gasteiger charge is 2.20. The van der Waals surface area contributed by atoms with Crippen molar-refractivity contribution < 1.29 is 9.90 Å². The lowest BCUT2D eigenvalue weighted by atomic mass is 9.83. The molecule has 2 unspecified atom stereocenters. The summed E-state index contributed by atoms with van der Waals surface area (Å²) in [6.07, 6.45) is 0.936. The lowest BCUT2D eigenvalue weighted by Crippen LogP contribution is -2.16. The lowest BCUT2D eigenvalue weighted by Gasteiger charge is -2.20. The Morgan fingerprint density at radius 1 is 1.33 bits per heavy atom. The molecule has 2 atom stereocenters. The summed E-state index contributed by atoms with van der Waals surface area (Å²) in [6, 6.07) is 7.13. The van der Waals surface area contributed by atoms with Gasteiger partial charge in [-0.2, -0.15) is 0 Å². The second-order valence-electron chi connectivity index (χ2n) is 4.01. The standard InChI is InChI=1S/C13H18O2/c1-4-13(9(2)10(3)14)11-5-7-12(15)8-6-11/h5-9,13,15H,4H2,1-3H3. The zero-order valence-electron chi connectivity index (χ0n) is 9.53. The van der Waals surface area contributed by atoms with E-state index in [4.69, 9.17) is 0 Å². The van der Waals surface area contributed by atoms with Crippen LogP contribution < -0.4 is 0 Å². The van der Waals surface area contributed by atoms with Crippen LogP contribution in [0.5, 0.6) is 5.75 Å². The van der Waals surface area contributed by atoms with Crippen LogP contribution in [-0.2, 0) is 4.79 Å². The Labute approximate surface area is 90.9 Å². The van der Waals surface area contributed by atoms with E-state index in [-0.39, 0.29) is 23.4 Å². The van der Waals surface area contributed by atoms with Gasteiger partial charge >= 0.3 is 0 Å². The average Bonchev–Trinajstić information content (AvgIpc) is 2.21. The third kappa shape index (κ3) is 2.82. The number of phenolic OH excluding ortho intramolecular Hbond substituents is 1. The van der Waals surface area contributed by atoms with Gasteiger partial charge in [-0.05, 0) is 37.0 Å². The van der Waals surface area contributed by atoms with Gasteiger partial charge < -0.3 is 5.11 Å². The van der Waals surface area contributed by atoms with Gasteiger partial charge in [0, 0.05) is 5.92 Å². The molecule has 1 rings (SSSR count). The largest absolute Gasteiger partial charge is 0.508 e. The molecule has 0 heterocycles. The van der Waals surface area contributed by atoms with E-state index in [0.29, 0.717) is 0 Å². The molecule has 0 fully saturated rings. The third-order valence-electron chi connectivity index (χ3n) is 3.01. The van der Waals surface area contributed by atoms with Gasteiger partial charge in [0.1, 0.15) is 11.5 Å². The molecule has 0 aromatic heterocycles. The van der Waals surface area contributed by atoms with Gasteiger partial charge in [-0.25, -0.2) is 0 Å². The van der Waals surface area contributed by atoms with Crippen molar-refractivity contribution >= 4 is 5.78 Å². The molecule has 0 amide bonds. The molecule has 0 aliphatic heterocycles. The van der Waals surface area contributed by atoms with E-state index < -0.39 is 0 Å². The summed E-state index contributed by atoms with van der Waals surface area (Å²) in [5.41, 5.74) is 1.12. The van der Waals surface area contributed by atoms with Crippen LogP contribution in [0, 0.1) is 5.92 Å². The third-order valence-corrected chi connectivity index (χ3v) is 3.01. The molecule has 1 aromatic rings. The summed E-state index contributed by atoms with van der Waals surface area (Å²) in [5, 5.41) is 9.19. The Balaban J connectivity index is 2.92. The highest BCUT2D eigenvalue weighted by molar-refractivity contribution is 5.79. The highest BCUT2D eigenvalue weighted by atomic mass is 16.3. The minimum atomic E-state index is 0.0412. The fourth-order valence-electron chi connectivity index (χ4n) is 1.88. The first kappa shape index (κ1) is 11.8. The minimum Gasteiger partial charge on any atom is -0.508 e. The van der Waals surface area contributed by atoms with Gasteiger partial charge in [0.2, 0.25) is 0 Å². The van der Waals surface area contributed by atoms with Crippen LogP contribution in [0.1, 0.15) is 38.7 Å². The number of aromatic hydroxyl groups is 1. The molecule has 82 valence electrons. The van der Waals surface area contributed by atoms with Crippen molar-refractivity contribution in [3.05, 3.63) is 29.8 Å². The molecule has 0 saturated heterocycles. The summed E-state index contributed by atoms with van der Waals surface area (Å²) in [4.78, 5) is 11.3. The van der Waals surface area contributed by atoms with Crippen LogP contribution in [0.25, 0.3) is 0 Å². The van der Waals surface area contributed by atoms with Gasteiger partial charge in [0.15, 0.2) is 0 Å². The molecule has 0 spiro atoms. The molecule has 2 nitrogen and oxygen atoms in total. The summed E-state index contributed by atoms with van der Waals surface area (Å²) >= 11 is 0. The molecule has 0 aliphatic carbocycles. The van der Waals surface area contributed by atoms with E-state index in [0.717, 1.165) is 12.0 Å². The van der Waals surface area contributed by atoms with Gasteiger partial charge in [-0.3, -0.25) is 4.79 Å². The number of carbonyl (C=O) groups excluding carboxylic acids is 1. The molecule has 0 radical (unpaired) electrons. The summed E-state index contributed by atoms with van der Waals surface area (Å²) < 4.78 is 0. The SMILES string of the molecule is CCC(c1ccc(O)cc1)C(C)C(C)=O. The van der Waals surface area contributed by atoms with Crippen LogP contribution in [-0.4, -0.2) is 10.9 Å². The molecular formula is C13H18O2. The normalized spacial score (nSPS) is 14.6. The topological polar surface area (TPSA) is 37.3 Å². The minimum absolute atomic E-state index is 0.0412. The average molecular weight is 206 g/mol. The fraction of sp³-hybridized carbons (Fsp3) is 0.462. The van der Waals surface area contributed by atoms with Crippen LogP contribution >= 0.6 is 0 Å². The zero-order chi connectivity index (χ0) is 11.4. The molecular weight excluding hydrogens is 188 g/mol. The van der Waals surface area contributed by atoms with Crippen molar-refractivity contribution in [1.29, 1.82) is 0 Å². The number of hydrogen-bond acceptors (Lipinski definition) is 2. The van der Waals surface area contributed by atoms with Crippen molar-refractivity contribution in [2.24, 2.45) is 5.92 Å². The zero-order valence-corrected chi connectivity index (χ0v) is 9.53.